The fourth-order valence-corrected chi connectivity index (χ4v) is 2.12. The highest BCUT2D eigenvalue weighted by Gasteiger charge is 2.20. The van der Waals surface area contributed by atoms with Crippen molar-refractivity contribution < 1.29 is 24.5 Å². The molecule has 3 rings (SSSR count). The lowest BCUT2D eigenvalue weighted by Gasteiger charge is -2.10. The number of hydrogen-bond acceptors (Lipinski definition) is 5. The number of aliphatic hydroxyl groups is 2. The molecule has 0 aromatic heterocycles. The second-order valence-electron chi connectivity index (χ2n) is 4.36. The second kappa shape index (κ2) is 4.96. The van der Waals surface area contributed by atoms with Crippen LogP contribution in [0.4, 0.5) is 0 Å². The number of ketones is 1. The van der Waals surface area contributed by atoms with Gasteiger partial charge >= 0.3 is 0 Å². The predicted molar refractivity (Wildman–Crippen MR) is 69.6 cm³/mol. The minimum atomic E-state index is -1.69. The van der Waals surface area contributed by atoms with Gasteiger partial charge in [-0.15, -0.1) is 0 Å². The molecule has 0 unspecified atom stereocenters. The van der Waals surface area contributed by atoms with E-state index >= 15 is 0 Å². The molecule has 0 saturated carbocycles. The number of benzene rings is 2. The Hall–Kier alpha value is -2.37. The van der Waals surface area contributed by atoms with Gasteiger partial charge in [0, 0.05) is 16.7 Å². The van der Waals surface area contributed by atoms with Crippen LogP contribution in [0.25, 0.3) is 0 Å². The fourth-order valence-electron chi connectivity index (χ4n) is 2.12. The normalized spacial score (nSPS) is 12.8. The largest absolute Gasteiger partial charge is 0.454 e. The molecule has 2 N–H and O–H groups in total. The Morgan fingerprint density at radius 3 is 2.60 bits per heavy atom. The maximum Gasteiger partial charge on any atom is 0.231 e. The first-order valence-electron chi connectivity index (χ1n) is 6.06. The van der Waals surface area contributed by atoms with Gasteiger partial charge in [-0.3, -0.25) is 4.79 Å². The van der Waals surface area contributed by atoms with Crippen LogP contribution >= 0.6 is 0 Å². The van der Waals surface area contributed by atoms with E-state index in [-0.39, 0.29) is 23.7 Å². The molecule has 0 saturated heterocycles. The molecule has 2 aromatic rings. The first kappa shape index (κ1) is 12.7. The summed E-state index contributed by atoms with van der Waals surface area (Å²) in [5, 5.41) is 18.6. The van der Waals surface area contributed by atoms with Crippen LogP contribution in [0.3, 0.4) is 0 Å². The van der Waals surface area contributed by atoms with Crippen molar-refractivity contribution in [3.63, 3.8) is 0 Å². The highest BCUT2D eigenvalue weighted by atomic mass is 16.7. The van der Waals surface area contributed by atoms with Gasteiger partial charge in [-0.1, -0.05) is 24.3 Å². The number of ether oxygens (including phenoxy) is 2. The highest BCUT2D eigenvalue weighted by molar-refractivity contribution is 6.10. The van der Waals surface area contributed by atoms with E-state index in [1.807, 2.05) is 0 Å². The summed E-state index contributed by atoms with van der Waals surface area (Å²) in [6.07, 6.45) is -1.69. The fraction of sp³-hybridized carbons (Fsp3) is 0.133. The zero-order valence-electron chi connectivity index (χ0n) is 10.4. The van der Waals surface area contributed by atoms with E-state index in [2.05, 4.69) is 0 Å². The molecular formula is C15H12O5. The van der Waals surface area contributed by atoms with Crippen LogP contribution in [0.15, 0.2) is 42.5 Å². The quantitative estimate of drug-likeness (QED) is 0.656. The lowest BCUT2D eigenvalue weighted by atomic mass is 9.98. The predicted octanol–water partition coefficient (Wildman–Crippen LogP) is 1.63. The number of fused-ring (bicyclic) bond motifs is 1. The molecule has 2 aromatic carbocycles. The van der Waals surface area contributed by atoms with Crippen LogP contribution in [-0.4, -0.2) is 22.8 Å². The van der Waals surface area contributed by atoms with Crippen molar-refractivity contribution in [2.45, 2.75) is 6.29 Å². The van der Waals surface area contributed by atoms with Crippen LogP contribution in [0.2, 0.25) is 0 Å². The Morgan fingerprint density at radius 2 is 1.80 bits per heavy atom. The van der Waals surface area contributed by atoms with Crippen molar-refractivity contribution >= 4 is 5.78 Å². The summed E-state index contributed by atoms with van der Waals surface area (Å²) in [6.45, 7) is 0.138. The Kier molecular flexibility index (Phi) is 3.14. The van der Waals surface area contributed by atoms with Gasteiger partial charge in [0.15, 0.2) is 23.6 Å². The van der Waals surface area contributed by atoms with Crippen molar-refractivity contribution in [3.05, 3.63) is 59.2 Å². The lowest BCUT2D eigenvalue weighted by molar-refractivity contribution is -0.0429. The molecule has 1 aliphatic rings. The van der Waals surface area contributed by atoms with Crippen molar-refractivity contribution in [2.75, 3.05) is 6.79 Å². The standard InChI is InChI=1S/C15H12O5/c16-14(10-3-1-2-4-11(10)15(17)18)9-5-6-12-13(7-9)20-8-19-12/h1-7,15,17-18H,8H2. The number of carbonyl (C=O) groups is 1. The molecule has 0 atom stereocenters. The van der Waals surface area contributed by atoms with Crippen molar-refractivity contribution in [1.29, 1.82) is 0 Å². The molecule has 1 aliphatic heterocycles. The van der Waals surface area contributed by atoms with Gasteiger partial charge in [0.25, 0.3) is 0 Å². The second-order valence-corrected chi connectivity index (χ2v) is 4.36. The smallest absolute Gasteiger partial charge is 0.231 e. The van der Waals surface area contributed by atoms with Gasteiger partial charge in [0.05, 0.1) is 0 Å². The maximum atomic E-state index is 12.5. The lowest BCUT2D eigenvalue weighted by Crippen LogP contribution is -2.08. The minimum absolute atomic E-state index is 0.138. The number of carbonyl (C=O) groups excluding carboxylic acids is 1. The van der Waals surface area contributed by atoms with Crippen molar-refractivity contribution in [2.24, 2.45) is 0 Å². The van der Waals surface area contributed by atoms with Crippen LogP contribution in [-0.2, 0) is 0 Å². The molecule has 20 heavy (non-hydrogen) atoms. The average molecular weight is 272 g/mol. The van der Waals surface area contributed by atoms with Crippen molar-refractivity contribution in [3.8, 4) is 11.5 Å². The minimum Gasteiger partial charge on any atom is -0.454 e. The summed E-state index contributed by atoms with van der Waals surface area (Å²) in [6, 6.07) is 11.2. The SMILES string of the molecule is O=C(c1ccc2c(c1)OCO2)c1ccccc1C(O)O. The van der Waals surface area contributed by atoms with E-state index in [0.29, 0.717) is 17.1 Å². The third kappa shape index (κ3) is 2.13. The molecular weight excluding hydrogens is 260 g/mol. The zero-order valence-corrected chi connectivity index (χ0v) is 10.4. The Labute approximate surface area is 115 Å². The Balaban J connectivity index is 2.01. The molecule has 5 nitrogen and oxygen atoms in total. The topological polar surface area (TPSA) is 76.0 Å². The third-order valence-corrected chi connectivity index (χ3v) is 3.12. The molecule has 0 radical (unpaired) electrons. The van der Waals surface area contributed by atoms with E-state index in [1.165, 1.54) is 6.07 Å². The van der Waals surface area contributed by atoms with E-state index in [4.69, 9.17) is 9.47 Å². The van der Waals surface area contributed by atoms with E-state index < -0.39 is 6.29 Å². The van der Waals surface area contributed by atoms with Gasteiger partial charge in [0.1, 0.15) is 0 Å². The summed E-state index contributed by atoms with van der Waals surface area (Å²) in [4.78, 5) is 12.5. The summed E-state index contributed by atoms with van der Waals surface area (Å²) < 4.78 is 10.4. The van der Waals surface area contributed by atoms with Crippen molar-refractivity contribution in [1.82, 2.24) is 0 Å². The van der Waals surface area contributed by atoms with E-state index in [9.17, 15) is 15.0 Å². The Bertz CT molecular complexity index is 663. The molecule has 5 heteroatoms. The van der Waals surface area contributed by atoms with Crippen LogP contribution in [0.5, 0.6) is 11.5 Å². The number of hydrogen-bond donors (Lipinski definition) is 2. The monoisotopic (exact) mass is 272 g/mol. The Morgan fingerprint density at radius 1 is 1.05 bits per heavy atom. The molecule has 0 fully saturated rings. The molecule has 0 spiro atoms. The first-order chi connectivity index (χ1) is 9.66. The summed E-state index contributed by atoms with van der Waals surface area (Å²) >= 11 is 0. The molecule has 102 valence electrons. The first-order valence-corrected chi connectivity index (χ1v) is 6.06. The molecule has 0 amide bonds. The van der Waals surface area contributed by atoms with Crippen LogP contribution in [0.1, 0.15) is 27.8 Å². The number of aliphatic hydroxyl groups excluding tert-OH is 1. The third-order valence-electron chi connectivity index (χ3n) is 3.12. The maximum absolute atomic E-state index is 12.5. The van der Waals surface area contributed by atoms with Crippen LogP contribution in [0, 0.1) is 0 Å². The number of rotatable bonds is 3. The molecule has 1 heterocycles. The molecule has 0 bridgehead atoms. The van der Waals surface area contributed by atoms with Gasteiger partial charge in [0.2, 0.25) is 6.79 Å². The average Bonchev–Trinajstić information content (AvgIpc) is 2.93. The van der Waals surface area contributed by atoms with Gasteiger partial charge in [-0.05, 0) is 18.2 Å². The summed E-state index contributed by atoms with van der Waals surface area (Å²) in [5.41, 5.74) is 0.832. The molecule has 0 aliphatic carbocycles. The van der Waals surface area contributed by atoms with Gasteiger partial charge in [-0.25, -0.2) is 0 Å². The highest BCUT2D eigenvalue weighted by Crippen LogP contribution is 2.33. The van der Waals surface area contributed by atoms with Crippen LogP contribution < -0.4 is 9.47 Å². The van der Waals surface area contributed by atoms with E-state index in [1.54, 1.807) is 36.4 Å². The van der Waals surface area contributed by atoms with Gasteiger partial charge in [-0.2, -0.15) is 0 Å². The zero-order chi connectivity index (χ0) is 14.1. The summed E-state index contributed by atoms with van der Waals surface area (Å²) in [5.74, 6) is 0.807. The van der Waals surface area contributed by atoms with Gasteiger partial charge < -0.3 is 19.7 Å². The van der Waals surface area contributed by atoms with E-state index in [0.717, 1.165) is 0 Å². The summed E-state index contributed by atoms with van der Waals surface area (Å²) in [7, 11) is 0.